The van der Waals surface area contributed by atoms with Gasteiger partial charge in [0.25, 0.3) is 0 Å². The first-order chi connectivity index (χ1) is 15.5. The molecule has 1 aromatic rings. The Balaban J connectivity index is 1.32. The van der Waals surface area contributed by atoms with Gasteiger partial charge in [-0.15, -0.1) is 0 Å². The fourth-order valence-electron chi connectivity index (χ4n) is 5.30. The van der Waals surface area contributed by atoms with Crippen molar-refractivity contribution in [2.24, 2.45) is 11.8 Å². The lowest BCUT2D eigenvalue weighted by Crippen LogP contribution is -2.54. The first-order valence-corrected chi connectivity index (χ1v) is 11.0. The van der Waals surface area contributed by atoms with Gasteiger partial charge in [-0.2, -0.15) is 0 Å². The Morgan fingerprint density at radius 3 is 2.47 bits per heavy atom. The van der Waals surface area contributed by atoms with Gasteiger partial charge in [-0.05, 0) is 31.2 Å². The Morgan fingerprint density at radius 2 is 1.81 bits per heavy atom. The summed E-state index contributed by atoms with van der Waals surface area (Å²) in [7, 11) is 1.60. The van der Waals surface area contributed by atoms with E-state index < -0.39 is 23.5 Å². The van der Waals surface area contributed by atoms with Crippen LogP contribution in [0.25, 0.3) is 0 Å². The summed E-state index contributed by atoms with van der Waals surface area (Å²) in [6.07, 6.45) is 3.12. The maximum atomic E-state index is 13.5. The molecule has 3 unspecified atom stereocenters. The number of hydrogen-bond acceptors (Lipinski definition) is 6. The number of methoxy groups -OCH3 is 1. The topological polar surface area (TPSA) is 88.6 Å². The van der Waals surface area contributed by atoms with Crippen LogP contribution in [0.4, 0.5) is 10.5 Å². The molecule has 5 rings (SSSR count). The van der Waals surface area contributed by atoms with E-state index in [1.54, 1.807) is 28.7 Å². The van der Waals surface area contributed by atoms with Crippen LogP contribution in [0.3, 0.4) is 0 Å². The number of carbonyl (C=O) groups is 3. The molecule has 9 nitrogen and oxygen atoms in total. The lowest BCUT2D eigenvalue weighted by atomic mass is 9.76. The van der Waals surface area contributed by atoms with Crippen LogP contribution >= 0.6 is 0 Å². The zero-order valence-corrected chi connectivity index (χ0v) is 18.2. The average molecular weight is 441 g/mol. The van der Waals surface area contributed by atoms with Gasteiger partial charge in [-0.1, -0.05) is 12.2 Å². The molecule has 170 valence electrons. The molecule has 3 saturated heterocycles. The third kappa shape index (κ3) is 3.14. The molecule has 0 aliphatic carbocycles. The molecular weight excluding hydrogens is 414 g/mol. The van der Waals surface area contributed by atoms with Gasteiger partial charge >= 0.3 is 6.09 Å². The van der Waals surface area contributed by atoms with Crippen molar-refractivity contribution in [1.82, 2.24) is 9.80 Å². The molecule has 9 heteroatoms. The Bertz CT molecular complexity index is 955. The normalized spacial score (nSPS) is 30.6. The Morgan fingerprint density at radius 1 is 1.12 bits per heavy atom. The largest absolute Gasteiger partial charge is 0.497 e. The number of ether oxygens (including phenoxy) is 3. The average Bonchev–Trinajstić information content (AvgIpc) is 3.47. The standard InChI is InChI=1S/C23H27N3O6/c1-3-31-22(29)25-12-10-24(11-13-25)20(27)18-17-8-9-23(32-17)14-26(21(28)19(18)23)15-4-6-16(30-2)7-5-15/h4-9,17-19H,3,10-14H2,1-2H3/t17-,18?,19?,23?/m1/s1. The number of amides is 3. The molecule has 0 N–H and O–H groups in total. The van der Waals surface area contributed by atoms with E-state index in [0.717, 1.165) is 5.69 Å². The Kier molecular flexibility index (Phi) is 5.08. The van der Waals surface area contributed by atoms with E-state index in [2.05, 4.69) is 0 Å². The molecule has 4 heterocycles. The van der Waals surface area contributed by atoms with Crippen LogP contribution in [-0.2, 0) is 19.1 Å². The number of fused-ring (bicyclic) bond motifs is 1. The molecule has 4 aliphatic rings. The van der Waals surface area contributed by atoms with E-state index >= 15 is 0 Å². The van der Waals surface area contributed by atoms with Gasteiger partial charge in [0, 0.05) is 31.9 Å². The van der Waals surface area contributed by atoms with Crippen LogP contribution in [0, 0.1) is 11.8 Å². The molecule has 2 bridgehead atoms. The Hall–Kier alpha value is -3.07. The Labute approximate surface area is 186 Å². The van der Waals surface area contributed by atoms with Crippen molar-refractivity contribution >= 4 is 23.6 Å². The monoisotopic (exact) mass is 441 g/mol. The molecular formula is C23H27N3O6. The van der Waals surface area contributed by atoms with Gasteiger partial charge in [-0.3, -0.25) is 9.59 Å². The van der Waals surface area contributed by atoms with Crippen molar-refractivity contribution in [1.29, 1.82) is 0 Å². The molecule has 3 amide bonds. The van der Waals surface area contributed by atoms with Gasteiger partial charge < -0.3 is 28.9 Å². The van der Waals surface area contributed by atoms with Crippen molar-refractivity contribution in [2.75, 3.05) is 51.3 Å². The minimum Gasteiger partial charge on any atom is -0.497 e. The van der Waals surface area contributed by atoms with Gasteiger partial charge in [0.15, 0.2) is 0 Å². The highest BCUT2D eigenvalue weighted by molar-refractivity contribution is 6.03. The summed E-state index contributed by atoms with van der Waals surface area (Å²) in [5.74, 6) is -0.559. The number of hydrogen-bond donors (Lipinski definition) is 0. The predicted molar refractivity (Wildman–Crippen MR) is 114 cm³/mol. The first-order valence-electron chi connectivity index (χ1n) is 11.0. The lowest BCUT2D eigenvalue weighted by Gasteiger charge is -2.36. The summed E-state index contributed by atoms with van der Waals surface area (Å²) in [6.45, 7) is 4.14. The quantitative estimate of drug-likeness (QED) is 0.654. The second-order valence-corrected chi connectivity index (χ2v) is 8.53. The van der Waals surface area contributed by atoms with Crippen molar-refractivity contribution in [3.05, 3.63) is 36.4 Å². The number of nitrogens with zero attached hydrogens (tertiary/aromatic N) is 3. The van der Waals surface area contributed by atoms with Gasteiger partial charge in [0.1, 0.15) is 11.4 Å². The molecule has 4 aliphatic heterocycles. The van der Waals surface area contributed by atoms with Gasteiger partial charge in [0.2, 0.25) is 11.8 Å². The van der Waals surface area contributed by atoms with Crippen molar-refractivity contribution in [2.45, 2.75) is 18.6 Å². The second kappa shape index (κ2) is 7.81. The van der Waals surface area contributed by atoms with E-state index in [9.17, 15) is 14.4 Å². The number of carbonyl (C=O) groups excluding carboxylic acids is 3. The molecule has 1 aromatic carbocycles. The smallest absolute Gasteiger partial charge is 0.409 e. The molecule has 0 radical (unpaired) electrons. The molecule has 32 heavy (non-hydrogen) atoms. The first kappa shape index (κ1) is 20.8. The van der Waals surface area contributed by atoms with Crippen molar-refractivity contribution < 1.29 is 28.6 Å². The lowest BCUT2D eigenvalue weighted by molar-refractivity contribution is -0.141. The summed E-state index contributed by atoms with van der Waals surface area (Å²) in [5, 5.41) is 0. The van der Waals surface area contributed by atoms with E-state index in [-0.39, 0.29) is 17.9 Å². The highest BCUT2D eigenvalue weighted by Crippen LogP contribution is 2.53. The zero-order valence-electron chi connectivity index (χ0n) is 18.2. The predicted octanol–water partition coefficient (Wildman–Crippen LogP) is 1.28. The SMILES string of the molecule is CCOC(=O)N1CCN(C(=O)C2C3C(=O)N(c4ccc(OC)cc4)CC34C=C[C@H]2O4)CC1. The zero-order chi connectivity index (χ0) is 22.5. The molecule has 1 spiro atoms. The van der Waals surface area contributed by atoms with E-state index in [0.29, 0.717) is 45.1 Å². The highest BCUT2D eigenvalue weighted by Gasteiger charge is 2.67. The summed E-state index contributed by atoms with van der Waals surface area (Å²) in [4.78, 5) is 44.0. The second-order valence-electron chi connectivity index (χ2n) is 8.53. The maximum Gasteiger partial charge on any atom is 0.409 e. The van der Waals surface area contributed by atoms with Crippen LogP contribution in [-0.4, -0.2) is 85.9 Å². The summed E-state index contributed by atoms with van der Waals surface area (Å²) >= 11 is 0. The van der Waals surface area contributed by atoms with E-state index in [4.69, 9.17) is 14.2 Å². The number of piperazine rings is 1. The fraction of sp³-hybridized carbons (Fsp3) is 0.522. The van der Waals surface area contributed by atoms with Crippen LogP contribution in [0.15, 0.2) is 36.4 Å². The van der Waals surface area contributed by atoms with Crippen LogP contribution in [0.5, 0.6) is 5.75 Å². The number of anilines is 1. The van der Waals surface area contributed by atoms with E-state index in [1.807, 2.05) is 36.4 Å². The summed E-state index contributed by atoms with van der Waals surface area (Å²) in [6, 6.07) is 7.31. The maximum absolute atomic E-state index is 13.5. The number of benzene rings is 1. The summed E-state index contributed by atoms with van der Waals surface area (Å²) in [5.41, 5.74) is -0.0105. The van der Waals surface area contributed by atoms with Crippen molar-refractivity contribution in [3.63, 3.8) is 0 Å². The van der Waals surface area contributed by atoms with Crippen LogP contribution < -0.4 is 9.64 Å². The van der Waals surface area contributed by atoms with E-state index in [1.165, 1.54) is 0 Å². The van der Waals surface area contributed by atoms with Gasteiger partial charge in [-0.25, -0.2) is 4.79 Å². The minimum absolute atomic E-state index is 0.0836. The molecule has 0 saturated carbocycles. The molecule has 0 aromatic heterocycles. The molecule has 3 fully saturated rings. The molecule has 4 atom stereocenters. The summed E-state index contributed by atoms with van der Waals surface area (Å²) < 4.78 is 16.5. The minimum atomic E-state index is -0.769. The number of rotatable bonds is 4. The van der Waals surface area contributed by atoms with Crippen molar-refractivity contribution in [3.8, 4) is 5.75 Å². The van der Waals surface area contributed by atoms with Gasteiger partial charge in [0.05, 0.1) is 38.2 Å². The third-order valence-electron chi connectivity index (χ3n) is 6.89. The fourth-order valence-corrected chi connectivity index (χ4v) is 5.30. The van der Waals surface area contributed by atoms with Crippen LogP contribution in [0.2, 0.25) is 0 Å². The third-order valence-corrected chi connectivity index (χ3v) is 6.89. The highest BCUT2D eigenvalue weighted by atomic mass is 16.6. The van der Waals surface area contributed by atoms with Crippen LogP contribution in [0.1, 0.15) is 6.92 Å².